The number of nitrogens with zero attached hydrogens (tertiary/aromatic N) is 2. The average Bonchev–Trinajstić information content (AvgIpc) is 1.99. The second-order valence-corrected chi connectivity index (χ2v) is 3.92. The van der Waals surface area contributed by atoms with Gasteiger partial charge in [-0.3, -0.25) is 14.9 Å². The summed E-state index contributed by atoms with van der Waals surface area (Å²) in [4.78, 5) is 21.6. The van der Waals surface area contributed by atoms with Gasteiger partial charge >= 0.3 is 11.2 Å². The minimum Gasteiger partial charge on any atom is -0.304 e. The van der Waals surface area contributed by atoms with E-state index in [0.29, 0.717) is 5.69 Å². The van der Waals surface area contributed by atoms with E-state index in [1.807, 2.05) is 0 Å². The first-order chi connectivity index (χ1) is 6.86. The fourth-order valence-corrected chi connectivity index (χ4v) is 1.81. The third-order valence-corrected chi connectivity index (χ3v) is 2.35. The molecule has 15 heavy (non-hydrogen) atoms. The van der Waals surface area contributed by atoms with E-state index in [2.05, 4.69) is 0 Å². The Morgan fingerprint density at radius 1 is 1.53 bits per heavy atom. The lowest BCUT2D eigenvalue weighted by Crippen LogP contribution is -2.26. The zero-order valence-corrected chi connectivity index (χ0v) is 9.41. The number of pyridine rings is 1. The summed E-state index contributed by atoms with van der Waals surface area (Å²) in [6, 6.07) is 1.30. The van der Waals surface area contributed by atoms with Crippen molar-refractivity contribution in [1.82, 2.24) is 4.57 Å². The molecule has 0 N–H and O–H groups in total. The third-order valence-electron chi connectivity index (χ3n) is 2.06. The summed E-state index contributed by atoms with van der Waals surface area (Å²) in [5, 5.41) is 10.5. The van der Waals surface area contributed by atoms with E-state index in [0.717, 1.165) is 0 Å². The predicted molar refractivity (Wildman–Crippen MR) is 57.5 cm³/mol. The number of aromatic nitrogens is 1. The molecule has 0 fully saturated rings. The lowest BCUT2D eigenvalue weighted by atomic mass is 10.2. The molecular formula is C9H11ClN2O3. The highest BCUT2D eigenvalue weighted by Crippen LogP contribution is 2.22. The van der Waals surface area contributed by atoms with Crippen LogP contribution in [0.15, 0.2) is 10.9 Å². The smallest absolute Gasteiger partial charge is 0.304 e. The van der Waals surface area contributed by atoms with Crippen molar-refractivity contribution in [2.45, 2.75) is 26.8 Å². The molecule has 0 aliphatic carbocycles. The summed E-state index contributed by atoms with van der Waals surface area (Å²) in [5.41, 5.74) is -0.596. The van der Waals surface area contributed by atoms with Crippen LogP contribution in [0.5, 0.6) is 0 Å². The molecule has 0 amide bonds. The summed E-state index contributed by atoms with van der Waals surface area (Å²) < 4.78 is 1.35. The zero-order valence-electron chi connectivity index (χ0n) is 8.65. The second-order valence-electron chi connectivity index (χ2n) is 3.51. The number of nitro groups is 1. The molecule has 0 radical (unpaired) electrons. The standard InChI is InChI=1S/C9H11ClN2O3/c1-5(2)11-6(3)4-7(10)8(9(11)13)12(14)15/h4-5H,1-3H3. The topological polar surface area (TPSA) is 65.1 Å². The number of aryl methyl sites for hydroxylation is 1. The molecule has 0 bridgehead atoms. The maximum atomic E-state index is 11.7. The molecule has 1 heterocycles. The minimum absolute atomic E-state index is 0.112. The lowest BCUT2D eigenvalue weighted by molar-refractivity contribution is -0.386. The van der Waals surface area contributed by atoms with Crippen molar-refractivity contribution < 1.29 is 4.92 Å². The summed E-state index contributed by atoms with van der Waals surface area (Å²) in [5.74, 6) is 0. The molecule has 1 rings (SSSR count). The van der Waals surface area contributed by atoms with Crippen LogP contribution in [0.25, 0.3) is 0 Å². The first kappa shape index (κ1) is 11.7. The van der Waals surface area contributed by atoms with Crippen LogP contribution in [0.1, 0.15) is 25.6 Å². The van der Waals surface area contributed by atoms with E-state index in [9.17, 15) is 14.9 Å². The van der Waals surface area contributed by atoms with Gasteiger partial charge in [-0.25, -0.2) is 0 Å². The molecule has 1 aromatic heterocycles. The highest BCUT2D eigenvalue weighted by Gasteiger charge is 2.22. The normalized spacial score (nSPS) is 10.7. The van der Waals surface area contributed by atoms with Gasteiger partial charge in [0.05, 0.1) is 4.92 Å². The van der Waals surface area contributed by atoms with Crippen molar-refractivity contribution in [3.05, 3.63) is 37.3 Å². The fraction of sp³-hybridized carbons (Fsp3) is 0.444. The van der Waals surface area contributed by atoms with Crippen LogP contribution in [-0.2, 0) is 0 Å². The van der Waals surface area contributed by atoms with Crippen molar-refractivity contribution in [2.24, 2.45) is 0 Å². The molecule has 0 saturated heterocycles. The first-order valence-corrected chi connectivity index (χ1v) is 4.80. The van der Waals surface area contributed by atoms with Gasteiger partial charge in [0.15, 0.2) is 0 Å². The Labute approximate surface area is 91.4 Å². The van der Waals surface area contributed by atoms with Crippen LogP contribution in [0.4, 0.5) is 5.69 Å². The lowest BCUT2D eigenvalue weighted by Gasteiger charge is -2.13. The molecule has 5 nitrogen and oxygen atoms in total. The molecule has 1 aromatic rings. The molecule has 0 aromatic carbocycles. The van der Waals surface area contributed by atoms with Crippen molar-refractivity contribution in [1.29, 1.82) is 0 Å². The summed E-state index contributed by atoms with van der Waals surface area (Å²) >= 11 is 5.65. The fourth-order valence-electron chi connectivity index (χ4n) is 1.50. The predicted octanol–water partition coefficient (Wildman–Crippen LogP) is 2.30. The Balaban J connectivity index is 3.65. The molecule has 0 unspecified atom stereocenters. The molecule has 0 aliphatic heterocycles. The van der Waals surface area contributed by atoms with Gasteiger partial charge in [-0.2, -0.15) is 0 Å². The molecule has 0 atom stereocenters. The molecule has 0 saturated carbocycles. The number of halogens is 1. The van der Waals surface area contributed by atoms with E-state index in [-0.39, 0.29) is 11.1 Å². The Hall–Kier alpha value is -1.36. The van der Waals surface area contributed by atoms with Crippen LogP contribution in [0.3, 0.4) is 0 Å². The van der Waals surface area contributed by atoms with E-state index >= 15 is 0 Å². The Kier molecular flexibility index (Phi) is 3.14. The van der Waals surface area contributed by atoms with Crippen LogP contribution in [0, 0.1) is 17.0 Å². The van der Waals surface area contributed by atoms with E-state index in [1.165, 1.54) is 10.6 Å². The summed E-state index contributed by atoms with van der Waals surface area (Å²) in [7, 11) is 0. The first-order valence-electron chi connectivity index (χ1n) is 4.42. The van der Waals surface area contributed by atoms with Crippen molar-refractivity contribution >= 4 is 17.3 Å². The zero-order chi connectivity index (χ0) is 11.7. The molecule has 82 valence electrons. The quantitative estimate of drug-likeness (QED) is 0.578. The number of rotatable bonds is 2. The van der Waals surface area contributed by atoms with Gasteiger partial charge in [-0.1, -0.05) is 11.6 Å². The van der Waals surface area contributed by atoms with Crippen LogP contribution in [-0.4, -0.2) is 9.49 Å². The number of hydrogen-bond acceptors (Lipinski definition) is 3. The van der Waals surface area contributed by atoms with Crippen LogP contribution < -0.4 is 5.56 Å². The van der Waals surface area contributed by atoms with Gasteiger partial charge in [-0.05, 0) is 26.8 Å². The van der Waals surface area contributed by atoms with E-state index < -0.39 is 16.2 Å². The van der Waals surface area contributed by atoms with E-state index in [4.69, 9.17) is 11.6 Å². The SMILES string of the molecule is Cc1cc(Cl)c([N+](=O)[O-])c(=O)n1C(C)C. The Bertz CT molecular complexity index is 465. The van der Waals surface area contributed by atoms with Crippen molar-refractivity contribution in [3.63, 3.8) is 0 Å². The van der Waals surface area contributed by atoms with Gasteiger partial charge in [-0.15, -0.1) is 0 Å². The van der Waals surface area contributed by atoms with Crippen LogP contribution in [0.2, 0.25) is 5.02 Å². The number of hydrogen-bond donors (Lipinski definition) is 0. The maximum Gasteiger partial charge on any atom is 0.352 e. The molecule has 0 spiro atoms. The third kappa shape index (κ3) is 2.02. The highest BCUT2D eigenvalue weighted by molar-refractivity contribution is 6.32. The largest absolute Gasteiger partial charge is 0.352 e. The van der Waals surface area contributed by atoms with E-state index in [1.54, 1.807) is 20.8 Å². The highest BCUT2D eigenvalue weighted by atomic mass is 35.5. The van der Waals surface area contributed by atoms with Crippen molar-refractivity contribution in [2.75, 3.05) is 0 Å². The summed E-state index contributed by atoms with van der Waals surface area (Å²) in [6.45, 7) is 5.26. The maximum absolute atomic E-state index is 11.7. The molecule has 0 aliphatic rings. The monoisotopic (exact) mass is 230 g/mol. The van der Waals surface area contributed by atoms with Crippen LogP contribution >= 0.6 is 11.6 Å². The average molecular weight is 231 g/mol. The Morgan fingerprint density at radius 2 is 2.07 bits per heavy atom. The van der Waals surface area contributed by atoms with Gasteiger partial charge < -0.3 is 4.57 Å². The van der Waals surface area contributed by atoms with Gasteiger partial charge in [0.2, 0.25) is 0 Å². The van der Waals surface area contributed by atoms with Gasteiger partial charge in [0.25, 0.3) is 0 Å². The van der Waals surface area contributed by atoms with Gasteiger partial charge in [0.1, 0.15) is 5.02 Å². The van der Waals surface area contributed by atoms with Crippen molar-refractivity contribution in [3.8, 4) is 0 Å². The molecular weight excluding hydrogens is 220 g/mol. The molecule has 6 heteroatoms. The second kappa shape index (κ2) is 4.02. The minimum atomic E-state index is -0.747. The van der Waals surface area contributed by atoms with Gasteiger partial charge in [0, 0.05) is 11.7 Å². The summed E-state index contributed by atoms with van der Waals surface area (Å²) in [6.07, 6.45) is 0. The Morgan fingerprint density at radius 3 is 2.47 bits per heavy atom.